The van der Waals surface area contributed by atoms with E-state index in [1.807, 2.05) is 23.5 Å². The van der Waals surface area contributed by atoms with Gasteiger partial charge in [0, 0.05) is 22.3 Å². The van der Waals surface area contributed by atoms with Crippen LogP contribution in [0.2, 0.25) is 0 Å². The molecule has 220 valence electrons. The van der Waals surface area contributed by atoms with Gasteiger partial charge in [-0.3, -0.25) is 0 Å². The average Bonchev–Trinajstić information content (AvgIpc) is 3.63. The van der Waals surface area contributed by atoms with E-state index in [0.29, 0.717) is 0 Å². The van der Waals surface area contributed by atoms with Gasteiger partial charge in [-0.1, -0.05) is 138 Å². The molecule has 0 saturated heterocycles. The highest BCUT2D eigenvalue weighted by molar-refractivity contribution is 7.99. The maximum atomic E-state index is 6.26. The van der Waals surface area contributed by atoms with Gasteiger partial charge < -0.3 is 8.83 Å². The lowest BCUT2D eigenvalue weighted by molar-refractivity contribution is 0.514. The van der Waals surface area contributed by atoms with Crippen molar-refractivity contribution in [3.8, 4) is 0 Å². The Bertz CT molecular complexity index is 1650. The molecule has 0 aliphatic heterocycles. The Balaban J connectivity index is 1.21. The summed E-state index contributed by atoms with van der Waals surface area (Å²) in [7, 11) is 0. The van der Waals surface area contributed by atoms with Crippen LogP contribution in [0.3, 0.4) is 0 Å². The van der Waals surface area contributed by atoms with E-state index in [2.05, 4.69) is 74.5 Å². The molecule has 2 heterocycles. The first-order valence-electron chi connectivity index (χ1n) is 16.3. The summed E-state index contributed by atoms with van der Waals surface area (Å²) in [5, 5.41) is 12.2. The summed E-state index contributed by atoms with van der Waals surface area (Å²) in [5.41, 5.74) is 1.97. The molecule has 42 heavy (non-hydrogen) atoms. The summed E-state index contributed by atoms with van der Waals surface area (Å²) in [4.78, 5) is 0. The fraction of sp³-hybridized carbons (Fsp3) is 0.421. The standard InChI is InChI=1S/C38H44O2S2/c1-3-5-7-9-11-13-23-41-37-25-33-31-17-15-28-27(29(31)19-21-35(33)39-37)16-18-32-30(28)20-22-36-34(32)26-38(40-36)42-24-14-12-10-8-6-4-2/h15-22,25-26H,3-14,23-24H2,1-2H3. The summed E-state index contributed by atoms with van der Waals surface area (Å²) >= 11 is 3.72. The van der Waals surface area contributed by atoms with Gasteiger partial charge in [0.05, 0.1) is 0 Å². The largest absolute Gasteiger partial charge is 0.450 e. The molecule has 4 heteroatoms. The van der Waals surface area contributed by atoms with E-state index in [1.54, 1.807) is 0 Å². The van der Waals surface area contributed by atoms with Crippen molar-refractivity contribution in [1.82, 2.24) is 0 Å². The minimum absolute atomic E-state index is 0.985. The van der Waals surface area contributed by atoms with Gasteiger partial charge in [-0.15, -0.1) is 0 Å². The van der Waals surface area contributed by atoms with E-state index in [0.717, 1.165) is 32.9 Å². The van der Waals surface area contributed by atoms with Gasteiger partial charge in [0.1, 0.15) is 11.2 Å². The molecule has 0 aliphatic rings. The minimum Gasteiger partial charge on any atom is -0.450 e. The molecule has 0 aliphatic carbocycles. The molecule has 0 N–H and O–H groups in total. The fourth-order valence-corrected chi connectivity index (χ4v) is 8.08. The third-order valence-corrected chi connectivity index (χ3v) is 10.6. The SMILES string of the molecule is CCCCCCCCSc1cc2c(ccc3c2ccc2c4ccc5oc(SCCCCCCCC)cc5c4ccc32)o1. The zero-order valence-corrected chi connectivity index (χ0v) is 26.9. The van der Waals surface area contributed by atoms with Crippen LogP contribution in [0.1, 0.15) is 90.9 Å². The van der Waals surface area contributed by atoms with Crippen LogP contribution in [0.15, 0.2) is 79.7 Å². The summed E-state index contributed by atoms with van der Waals surface area (Å²) in [5.74, 6) is 2.25. The molecule has 0 bridgehead atoms. The fourth-order valence-electron chi connectivity index (χ4n) is 6.28. The molecule has 0 saturated carbocycles. The zero-order chi connectivity index (χ0) is 28.7. The van der Waals surface area contributed by atoms with Gasteiger partial charge in [-0.05, 0) is 69.4 Å². The number of hydrogen-bond donors (Lipinski definition) is 0. The summed E-state index contributed by atoms with van der Waals surface area (Å²) in [6, 6.07) is 22.5. The molecular weight excluding hydrogens is 553 g/mol. The topological polar surface area (TPSA) is 26.3 Å². The Morgan fingerprint density at radius 2 is 0.738 bits per heavy atom. The normalized spacial score (nSPS) is 12.1. The number of thioether (sulfide) groups is 2. The van der Waals surface area contributed by atoms with Crippen LogP contribution < -0.4 is 0 Å². The highest BCUT2D eigenvalue weighted by Crippen LogP contribution is 2.40. The third kappa shape index (κ3) is 6.50. The second-order valence-electron chi connectivity index (χ2n) is 11.7. The van der Waals surface area contributed by atoms with Gasteiger partial charge in [0.2, 0.25) is 0 Å². The molecule has 0 amide bonds. The first-order chi connectivity index (χ1) is 20.8. The molecule has 2 aromatic heterocycles. The Labute approximate surface area is 259 Å². The van der Waals surface area contributed by atoms with Crippen molar-refractivity contribution in [2.45, 2.75) is 101 Å². The summed E-state index contributed by atoms with van der Waals surface area (Å²) in [6.45, 7) is 4.55. The number of furan rings is 2. The molecule has 0 spiro atoms. The molecule has 6 rings (SSSR count). The lowest BCUT2D eigenvalue weighted by atomic mass is 9.95. The van der Waals surface area contributed by atoms with Gasteiger partial charge >= 0.3 is 0 Å². The molecule has 0 unspecified atom stereocenters. The summed E-state index contributed by atoms with van der Waals surface area (Å²) < 4.78 is 12.5. The van der Waals surface area contributed by atoms with Crippen molar-refractivity contribution in [2.24, 2.45) is 0 Å². The van der Waals surface area contributed by atoms with E-state index < -0.39 is 0 Å². The number of rotatable bonds is 16. The van der Waals surface area contributed by atoms with E-state index in [1.165, 1.54) is 120 Å². The first kappa shape index (κ1) is 29.5. The van der Waals surface area contributed by atoms with Gasteiger partial charge in [-0.2, -0.15) is 0 Å². The smallest absolute Gasteiger partial charge is 0.161 e. The number of hydrogen-bond acceptors (Lipinski definition) is 4. The van der Waals surface area contributed by atoms with E-state index >= 15 is 0 Å². The van der Waals surface area contributed by atoms with Gasteiger partial charge in [-0.25, -0.2) is 0 Å². The Hall–Kier alpha value is -2.56. The number of fused-ring (bicyclic) bond motifs is 9. The quantitative estimate of drug-likeness (QED) is 0.0630. The minimum atomic E-state index is 0.985. The number of unbranched alkanes of at least 4 members (excludes halogenated alkanes) is 10. The predicted molar refractivity (Wildman–Crippen MR) is 187 cm³/mol. The zero-order valence-electron chi connectivity index (χ0n) is 25.3. The van der Waals surface area contributed by atoms with Crippen LogP contribution in [0.5, 0.6) is 0 Å². The maximum Gasteiger partial charge on any atom is 0.161 e. The van der Waals surface area contributed by atoms with Crippen LogP contribution in [-0.2, 0) is 0 Å². The molecule has 4 aromatic carbocycles. The second-order valence-corrected chi connectivity index (χ2v) is 13.9. The highest BCUT2D eigenvalue weighted by Gasteiger charge is 2.14. The van der Waals surface area contributed by atoms with Crippen molar-refractivity contribution in [3.63, 3.8) is 0 Å². The lowest BCUT2D eigenvalue weighted by Crippen LogP contribution is -1.82. The van der Waals surface area contributed by atoms with Crippen LogP contribution in [-0.4, -0.2) is 11.5 Å². The average molecular weight is 597 g/mol. The molecule has 0 atom stereocenters. The Kier molecular flexibility index (Phi) is 10.0. The molecule has 6 aromatic rings. The van der Waals surface area contributed by atoms with E-state index in [9.17, 15) is 0 Å². The van der Waals surface area contributed by atoms with Crippen molar-refractivity contribution in [3.05, 3.63) is 60.7 Å². The van der Waals surface area contributed by atoms with E-state index in [-0.39, 0.29) is 0 Å². The number of benzene rings is 4. The van der Waals surface area contributed by atoms with Crippen molar-refractivity contribution in [2.75, 3.05) is 11.5 Å². The third-order valence-electron chi connectivity index (χ3n) is 8.63. The molecule has 2 nitrogen and oxygen atoms in total. The Morgan fingerprint density at radius 1 is 0.405 bits per heavy atom. The molecule has 0 radical (unpaired) electrons. The second kappa shape index (κ2) is 14.3. The van der Waals surface area contributed by atoms with Crippen LogP contribution in [0.4, 0.5) is 0 Å². The highest BCUT2D eigenvalue weighted by atomic mass is 32.2. The maximum absolute atomic E-state index is 6.26. The van der Waals surface area contributed by atoms with Crippen molar-refractivity contribution >= 4 is 77.8 Å². The monoisotopic (exact) mass is 596 g/mol. The van der Waals surface area contributed by atoms with Crippen molar-refractivity contribution in [1.29, 1.82) is 0 Å². The summed E-state index contributed by atoms with van der Waals surface area (Å²) in [6.07, 6.45) is 15.9. The van der Waals surface area contributed by atoms with E-state index in [4.69, 9.17) is 8.83 Å². The van der Waals surface area contributed by atoms with Crippen molar-refractivity contribution < 1.29 is 8.83 Å². The van der Waals surface area contributed by atoms with Crippen LogP contribution in [0.25, 0.3) is 54.3 Å². The molecule has 0 fully saturated rings. The first-order valence-corrected chi connectivity index (χ1v) is 18.2. The van der Waals surface area contributed by atoms with Gasteiger partial charge in [0.15, 0.2) is 10.2 Å². The van der Waals surface area contributed by atoms with Crippen LogP contribution in [0, 0.1) is 0 Å². The Morgan fingerprint density at radius 3 is 1.14 bits per heavy atom. The van der Waals surface area contributed by atoms with Crippen LogP contribution >= 0.6 is 23.5 Å². The molecular formula is C38H44O2S2. The predicted octanol–water partition coefficient (Wildman–Crippen LogP) is 13.5. The lowest BCUT2D eigenvalue weighted by Gasteiger charge is -2.08. The van der Waals surface area contributed by atoms with Gasteiger partial charge in [0.25, 0.3) is 0 Å².